The molecule has 0 fully saturated rings. The van der Waals surface area contributed by atoms with Gasteiger partial charge in [-0.1, -0.05) is 24.9 Å². The Bertz CT molecular complexity index is 367. The van der Waals surface area contributed by atoms with Crippen LogP contribution in [-0.4, -0.2) is 33.5 Å². The van der Waals surface area contributed by atoms with Crippen molar-refractivity contribution in [2.24, 2.45) is 0 Å². The second-order valence-corrected chi connectivity index (χ2v) is 6.14. The zero-order chi connectivity index (χ0) is 13.4. The molecular weight excluding hydrogens is 272 g/mol. The quantitative estimate of drug-likeness (QED) is 0.800. The average Bonchev–Trinajstić information content (AvgIpc) is 2.35. The molecule has 0 heterocycles. The van der Waals surface area contributed by atoms with Gasteiger partial charge in [0.05, 0.1) is 11.9 Å². The fraction of sp³-hybridized carbons (Fsp3) is 0.538. The van der Waals surface area contributed by atoms with Crippen LogP contribution in [0.2, 0.25) is 5.02 Å². The van der Waals surface area contributed by atoms with Crippen molar-refractivity contribution in [3.63, 3.8) is 0 Å². The lowest BCUT2D eigenvalue weighted by Crippen LogP contribution is -2.25. The van der Waals surface area contributed by atoms with Crippen molar-refractivity contribution in [1.82, 2.24) is 0 Å². The van der Waals surface area contributed by atoms with Gasteiger partial charge in [-0.2, -0.15) is 0 Å². The van der Waals surface area contributed by atoms with Crippen LogP contribution in [0.15, 0.2) is 24.3 Å². The normalized spacial score (nSPS) is 14.2. The van der Waals surface area contributed by atoms with E-state index in [2.05, 4.69) is 6.92 Å². The molecule has 1 aromatic carbocycles. The van der Waals surface area contributed by atoms with Crippen molar-refractivity contribution < 1.29 is 14.1 Å². The molecule has 18 heavy (non-hydrogen) atoms. The molecular formula is C13H19ClO3S. The number of hydrogen-bond acceptors (Lipinski definition) is 3. The summed E-state index contributed by atoms with van der Waals surface area (Å²) >= 11 is 5.75. The smallest absolute Gasteiger partial charge is 0.119 e. The molecule has 1 aromatic rings. The molecule has 1 rings (SSSR count). The molecule has 0 saturated heterocycles. The van der Waals surface area contributed by atoms with E-state index < -0.39 is 16.9 Å². The lowest BCUT2D eigenvalue weighted by atomic mass is 10.3. The van der Waals surface area contributed by atoms with Gasteiger partial charge >= 0.3 is 0 Å². The summed E-state index contributed by atoms with van der Waals surface area (Å²) < 4.78 is 16.9. The van der Waals surface area contributed by atoms with Crippen molar-refractivity contribution in [3.05, 3.63) is 29.3 Å². The first-order chi connectivity index (χ1) is 8.61. The molecule has 0 bridgehead atoms. The summed E-state index contributed by atoms with van der Waals surface area (Å²) in [6, 6.07) is 6.93. The van der Waals surface area contributed by atoms with Gasteiger partial charge in [0.15, 0.2) is 0 Å². The number of unbranched alkanes of at least 4 members (excludes halogenated alkanes) is 1. The maximum absolute atomic E-state index is 11.5. The Labute approximate surface area is 116 Å². The van der Waals surface area contributed by atoms with Crippen molar-refractivity contribution in [1.29, 1.82) is 0 Å². The molecule has 0 radical (unpaired) electrons. The molecule has 5 heteroatoms. The monoisotopic (exact) mass is 290 g/mol. The SMILES string of the molecule is CCCC[S@@](=O)C[C@H](O)COc1ccc(Cl)cc1. The highest BCUT2D eigenvalue weighted by Crippen LogP contribution is 2.15. The van der Waals surface area contributed by atoms with Crippen LogP contribution in [0.25, 0.3) is 0 Å². The molecule has 1 N–H and O–H groups in total. The Hall–Kier alpha value is -0.580. The average molecular weight is 291 g/mol. The Kier molecular flexibility index (Phi) is 7.32. The van der Waals surface area contributed by atoms with Crippen LogP contribution in [0.5, 0.6) is 5.75 Å². The van der Waals surface area contributed by atoms with Gasteiger partial charge in [-0.3, -0.25) is 4.21 Å². The van der Waals surface area contributed by atoms with E-state index in [9.17, 15) is 9.32 Å². The topological polar surface area (TPSA) is 46.5 Å². The highest BCUT2D eigenvalue weighted by atomic mass is 35.5. The largest absolute Gasteiger partial charge is 0.491 e. The van der Waals surface area contributed by atoms with Gasteiger partial charge in [-0.05, 0) is 30.7 Å². The predicted molar refractivity (Wildman–Crippen MR) is 75.7 cm³/mol. The van der Waals surface area contributed by atoms with E-state index in [-0.39, 0.29) is 12.4 Å². The van der Waals surface area contributed by atoms with E-state index in [4.69, 9.17) is 16.3 Å². The van der Waals surface area contributed by atoms with Crippen LogP contribution in [0.1, 0.15) is 19.8 Å². The summed E-state index contributed by atoms with van der Waals surface area (Å²) in [6.07, 6.45) is 1.25. The first-order valence-corrected chi connectivity index (χ1v) is 7.89. The van der Waals surface area contributed by atoms with Crippen LogP contribution < -0.4 is 4.74 Å². The van der Waals surface area contributed by atoms with Crippen LogP contribution in [0, 0.1) is 0 Å². The lowest BCUT2D eigenvalue weighted by molar-refractivity contribution is 0.125. The molecule has 0 aliphatic heterocycles. The van der Waals surface area contributed by atoms with Crippen LogP contribution in [-0.2, 0) is 10.8 Å². The van der Waals surface area contributed by atoms with Gasteiger partial charge in [0.1, 0.15) is 12.4 Å². The van der Waals surface area contributed by atoms with Crippen LogP contribution in [0.4, 0.5) is 0 Å². The van der Waals surface area contributed by atoms with Crippen LogP contribution in [0.3, 0.4) is 0 Å². The number of rotatable bonds is 8. The zero-order valence-electron chi connectivity index (χ0n) is 10.5. The van der Waals surface area contributed by atoms with E-state index in [1.807, 2.05) is 0 Å². The Morgan fingerprint density at radius 1 is 1.39 bits per heavy atom. The van der Waals surface area contributed by atoms with Crippen LogP contribution >= 0.6 is 11.6 Å². The fourth-order valence-electron chi connectivity index (χ4n) is 1.37. The summed E-state index contributed by atoms with van der Waals surface area (Å²) in [5, 5.41) is 10.3. The number of aliphatic hydroxyl groups is 1. The fourth-order valence-corrected chi connectivity index (χ4v) is 2.80. The second-order valence-electron chi connectivity index (χ2n) is 4.08. The number of halogens is 1. The van der Waals surface area contributed by atoms with Crippen molar-refractivity contribution in [2.45, 2.75) is 25.9 Å². The Balaban J connectivity index is 2.26. The number of hydrogen-bond donors (Lipinski definition) is 1. The number of benzene rings is 1. The third-order valence-corrected chi connectivity index (χ3v) is 4.11. The summed E-state index contributed by atoms with van der Waals surface area (Å²) in [7, 11) is -0.963. The molecule has 2 atom stereocenters. The zero-order valence-corrected chi connectivity index (χ0v) is 12.0. The molecule has 0 amide bonds. The third-order valence-electron chi connectivity index (χ3n) is 2.36. The first-order valence-electron chi connectivity index (χ1n) is 6.03. The minimum Gasteiger partial charge on any atom is -0.491 e. The summed E-state index contributed by atoms with van der Waals surface area (Å²) in [5.41, 5.74) is 0. The lowest BCUT2D eigenvalue weighted by Gasteiger charge is -2.12. The summed E-state index contributed by atoms with van der Waals surface area (Å²) in [5.74, 6) is 1.57. The Morgan fingerprint density at radius 3 is 2.67 bits per heavy atom. The summed E-state index contributed by atoms with van der Waals surface area (Å²) in [4.78, 5) is 0. The summed E-state index contributed by atoms with van der Waals surface area (Å²) in [6.45, 7) is 2.21. The van der Waals surface area contributed by atoms with E-state index in [0.717, 1.165) is 12.8 Å². The van der Waals surface area contributed by atoms with Crippen molar-refractivity contribution in [3.8, 4) is 5.75 Å². The molecule has 0 unspecified atom stereocenters. The van der Waals surface area contributed by atoms with Gasteiger partial charge in [-0.25, -0.2) is 0 Å². The molecule has 3 nitrogen and oxygen atoms in total. The highest BCUT2D eigenvalue weighted by molar-refractivity contribution is 7.85. The van der Waals surface area contributed by atoms with E-state index in [1.54, 1.807) is 24.3 Å². The van der Waals surface area contributed by atoms with Crippen molar-refractivity contribution in [2.75, 3.05) is 18.1 Å². The van der Waals surface area contributed by atoms with Gasteiger partial charge in [0.25, 0.3) is 0 Å². The number of aliphatic hydroxyl groups excluding tert-OH is 1. The van der Waals surface area contributed by atoms with E-state index in [1.165, 1.54) is 0 Å². The van der Waals surface area contributed by atoms with Gasteiger partial charge in [-0.15, -0.1) is 0 Å². The first kappa shape index (κ1) is 15.5. The van der Waals surface area contributed by atoms with E-state index >= 15 is 0 Å². The second kappa shape index (κ2) is 8.51. The third kappa shape index (κ3) is 6.38. The molecule has 0 aromatic heterocycles. The Morgan fingerprint density at radius 2 is 2.06 bits per heavy atom. The van der Waals surface area contributed by atoms with Crippen molar-refractivity contribution >= 4 is 22.4 Å². The predicted octanol–water partition coefficient (Wildman–Crippen LogP) is 2.63. The molecule has 0 aliphatic rings. The van der Waals surface area contributed by atoms with Gasteiger partial charge in [0, 0.05) is 21.6 Å². The minimum absolute atomic E-state index is 0.152. The number of ether oxygens (including phenoxy) is 1. The maximum Gasteiger partial charge on any atom is 0.119 e. The molecule has 102 valence electrons. The molecule has 0 aliphatic carbocycles. The highest BCUT2D eigenvalue weighted by Gasteiger charge is 2.10. The van der Waals surface area contributed by atoms with Gasteiger partial charge in [0.2, 0.25) is 0 Å². The van der Waals surface area contributed by atoms with Gasteiger partial charge < -0.3 is 9.84 Å². The standard InChI is InChI=1S/C13H19ClO3S/c1-2-3-8-18(16)10-12(15)9-17-13-6-4-11(14)5-7-13/h4-7,12,15H,2-3,8-10H2,1H3/t12-,18-/m1/s1. The molecule has 0 saturated carbocycles. The maximum atomic E-state index is 11.5. The van der Waals surface area contributed by atoms with E-state index in [0.29, 0.717) is 16.5 Å². The minimum atomic E-state index is -0.963. The molecule has 0 spiro atoms.